The van der Waals surface area contributed by atoms with Gasteiger partial charge in [0.25, 0.3) is 0 Å². The third-order valence-electron chi connectivity index (χ3n) is 5.89. The fraction of sp³-hybridized carbons (Fsp3) is 0.370. The number of aromatic nitrogens is 1. The summed E-state index contributed by atoms with van der Waals surface area (Å²) in [4.78, 5) is 14.7. The Morgan fingerprint density at radius 1 is 1.12 bits per heavy atom. The van der Waals surface area contributed by atoms with Gasteiger partial charge < -0.3 is 23.9 Å². The van der Waals surface area contributed by atoms with E-state index in [0.717, 1.165) is 35.3 Å². The van der Waals surface area contributed by atoms with E-state index in [0.29, 0.717) is 23.7 Å². The van der Waals surface area contributed by atoms with Gasteiger partial charge in [-0.3, -0.25) is 4.79 Å². The number of ether oxygens (including phenoxy) is 3. The number of aliphatic hydroxyl groups excluding tert-OH is 1. The van der Waals surface area contributed by atoms with Crippen molar-refractivity contribution in [2.75, 3.05) is 19.5 Å². The number of nitrogens with zero attached hydrogens (tertiary/aromatic N) is 1. The summed E-state index contributed by atoms with van der Waals surface area (Å²) in [6, 6.07) is 17.7. The van der Waals surface area contributed by atoms with Crippen LogP contribution >= 0.6 is 11.8 Å². The predicted octanol–water partition coefficient (Wildman–Crippen LogP) is 5.02. The smallest absolute Gasteiger partial charge is 0.230 e. The maximum Gasteiger partial charge on any atom is 0.230 e. The first-order valence-electron chi connectivity index (χ1n) is 11.6. The van der Waals surface area contributed by atoms with Crippen LogP contribution in [0.5, 0.6) is 11.6 Å². The first-order chi connectivity index (χ1) is 16.6. The molecule has 7 heteroatoms. The van der Waals surface area contributed by atoms with Crippen LogP contribution in [-0.2, 0) is 17.9 Å². The molecule has 0 saturated carbocycles. The highest BCUT2D eigenvalue weighted by Crippen LogP contribution is 2.35. The van der Waals surface area contributed by atoms with Crippen LogP contribution in [0, 0.1) is 6.92 Å². The zero-order valence-corrected chi connectivity index (χ0v) is 20.5. The molecule has 1 N–H and O–H groups in total. The largest absolute Gasteiger partial charge is 0.483 e. The van der Waals surface area contributed by atoms with Crippen molar-refractivity contribution in [1.82, 2.24) is 4.57 Å². The van der Waals surface area contributed by atoms with E-state index in [1.165, 1.54) is 0 Å². The standard InChI is InChI=1S/C27H31NO5S/c1-19-25(30)26(32-18-20-8-4-3-5-9-20)24(21-11-13-22(34-2)14-12-21)28(15-16-29)27(19)33-23-10-6-7-17-31-23/h3-5,8-9,11-14,23,29H,6-7,10,15-18H2,1-2H3. The zero-order chi connectivity index (χ0) is 23.9. The molecular weight excluding hydrogens is 450 g/mol. The molecule has 1 aliphatic heterocycles. The minimum Gasteiger partial charge on any atom is -0.483 e. The maximum absolute atomic E-state index is 13.6. The Kier molecular flexibility index (Phi) is 8.32. The second-order valence-electron chi connectivity index (χ2n) is 8.23. The van der Waals surface area contributed by atoms with Crippen molar-refractivity contribution in [1.29, 1.82) is 0 Å². The van der Waals surface area contributed by atoms with Crippen molar-refractivity contribution in [2.24, 2.45) is 0 Å². The van der Waals surface area contributed by atoms with E-state index in [1.54, 1.807) is 18.7 Å². The van der Waals surface area contributed by atoms with Gasteiger partial charge in [-0.2, -0.15) is 0 Å². The predicted molar refractivity (Wildman–Crippen MR) is 135 cm³/mol. The molecule has 0 aliphatic carbocycles. The van der Waals surface area contributed by atoms with Crippen LogP contribution in [0.15, 0.2) is 64.3 Å². The average Bonchev–Trinajstić information content (AvgIpc) is 2.89. The van der Waals surface area contributed by atoms with Crippen molar-refractivity contribution >= 4 is 11.8 Å². The van der Waals surface area contributed by atoms with E-state index in [2.05, 4.69) is 0 Å². The molecule has 0 radical (unpaired) electrons. The Labute approximate surface area is 204 Å². The van der Waals surface area contributed by atoms with Crippen LogP contribution in [0.2, 0.25) is 0 Å². The Bertz CT molecular complexity index is 1140. The highest BCUT2D eigenvalue weighted by atomic mass is 32.2. The first kappa shape index (κ1) is 24.4. The van der Waals surface area contributed by atoms with Crippen LogP contribution in [0.4, 0.5) is 0 Å². The van der Waals surface area contributed by atoms with Crippen LogP contribution in [0.3, 0.4) is 0 Å². The lowest BCUT2D eigenvalue weighted by atomic mass is 10.1. The van der Waals surface area contributed by atoms with Gasteiger partial charge in [0.2, 0.25) is 17.6 Å². The van der Waals surface area contributed by atoms with Gasteiger partial charge >= 0.3 is 0 Å². The van der Waals surface area contributed by atoms with Gasteiger partial charge in [0.15, 0.2) is 5.75 Å². The lowest BCUT2D eigenvalue weighted by molar-refractivity contribution is -0.109. The molecule has 1 unspecified atom stereocenters. The Morgan fingerprint density at radius 2 is 1.88 bits per heavy atom. The van der Waals surface area contributed by atoms with Gasteiger partial charge in [0.05, 0.1) is 24.5 Å². The lowest BCUT2D eigenvalue weighted by Gasteiger charge is -2.28. The number of thioether (sulfide) groups is 1. The van der Waals surface area contributed by atoms with E-state index < -0.39 is 6.29 Å². The van der Waals surface area contributed by atoms with Gasteiger partial charge in [-0.15, -0.1) is 11.8 Å². The molecule has 3 aromatic rings. The summed E-state index contributed by atoms with van der Waals surface area (Å²) in [6.07, 6.45) is 4.38. The van der Waals surface area contributed by atoms with Crippen molar-refractivity contribution in [2.45, 2.75) is 50.5 Å². The molecule has 34 heavy (non-hydrogen) atoms. The van der Waals surface area contributed by atoms with Gasteiger partial charge in [-0.25, -0.2) is 0 Å². The molecule has 0 bridgehead atoms. The second-order valence-corrected chi connectivity index (χ2v) is 9.11. The Morgan fingerprint density at radius 3 is 2.53 bits per heavy atom. The maximum atomic E-state index is 13.6. The van der Waals surface area contributed by atoms with E-state index in [1.807, 2.05) is 65.4 Å². The SMILES string of the molecule is CSc1ccc(-c2c(OCc3ccccc3)c(=O)c(C)c(OC3CCCCO3)n2CCO)cc1. The third-order valence-corrected chi connectivity index (χ3v) is 6.64. The number of benzene rings is 2. The monoisotopic (exact) mass is 481 g/mol. The zero-order valence-electron chi connectivity index (χ0n) is 19.7. The van der Waals surface area contributed by atoms with Crippen molar-refractivity contribution < 1.29 is 19.3 Å². The molecule has 1 aromatic heterocycles. The molecule has 0 spiro atoms. The molecule has 1 fully saturated rings. The fourth-order valence-electron chi connectivity index (χ4n) is 4.09. The number of hydrogen-bond donors (Lipinski definition) is 1. The summed E-state index contributed by atoms with van der Waals surface area (Å²) in [5, 5.41) is 9.93. The van der Waals surface area contributed by atoms with Gasteiger partial charge in [-0.1, -0.05) is 42.5 Å². The molecule has 1 saturated heterocycles. The van der Waals surface area contributed by atoms with E-state index >= 15 is 0 Å². The summed E-state index contributed by atoms with van der Waals surface area (Å²) in [6.45, 7) is 2.78. The van der Waals surface area contributed by atoms with E-state index in [-0.39, 0.29) is 30.9 Å². The first-order valence-corrected chi connectivity index (χ1v) is 12.8. The summed E-state index contributed by atoms with van der Waals surface area (Å²) in [5.74, 6) is 0.672. The van der Waals surface area contributed by atoms with Crippen molar-refractivity contribution in [3.63, 3.8) is 0 Å². The fourth-order valence-corrected chi connectivity index (χ4v) is 4.50. The number of hydrogen-bond acceptors (Lipinski definition) is 6. The minimum atomic E-state index is -0.417. The molecule has 4 rings (SSSR count). The average molecular weight is 482 g/mol. The number of rotatable bonds is 9. The van der Waals surface area contributed by atoms with Gasteiger partial charge in [0, 0.05) is 23.4 Å². The topological polar surface area (TPSA) is 69.9 Å². The molecule has 1 aliphatic rings. The normalized spacial score (nSPS) is 15.8. The highest BCUT2D eigenvalue weighted by Gasteiger charge is 2.26. The molecule has 180 valence electrons. The third kappa shape index (κ3) is 5.49. The summed E-state index contributed by atoms with van der Waals surface area (Å²) in [5.41, 5.74) is 2.60. The molecule has 0 amide bonds. The van der Waals surface area contributed by atoms with E-state index in [9.17, 15) is 9.90 Å². The second kappa shape index (κ2) is 11.6. The molecule has 2 heterocycles. The summed E-state index contributed by atoms with van der Waals surface area (Å²) in [7, 11) is 0. The quantitative estimate of drug-likeness (QED) is 0.433. The van der Waals surface area contributed by atoms with Crippen LogP contribution < -0.4 is 14.9 Å². The number of pyridine rings is 1. The summed E-state index contributed by atoms with van der Waals surface area (Å²) >= 11 is 1.65. The minimum absolute atomic E-state index is 0.113. The highest BCUT2D eigenvalue weighted by molar-refractivity contribution is 7.98. The Balaban J connectivity index is 1.84. The van der Waals surface area contributed by atoms with Crippen LogP contribution in [-0.4, -0.2) is 35.4 Å². The van der Waals surface area contributed by atoms with Crippen molar-refractivity contribution in [3.05, 3.63) is 75.9 Å². The van der Waals surface area contributed by atoms with Crippen LogP contribution in [0.1, 0.15) is 30.4 Å². The summed E-state index contributed by atoms with van der Waals surface area (Å²) < 4.78 is 20.1. The lowest BCUT2D eigenvalue weighted by Crippen LogP contribution is -2.29. The van der Waals surface area contributed by atoms with Crippen LogP contribution in [0.25, 0.3) is 11.3 Å². The van der Waals surface area contributed by atoms with Gasteiger partial charge in [0.1, 0.15) is 6.61 Å². The molecule has 6 nitrogen and oxygen atoms in total. The van der Waals surface area contributed by atoms with E-state index in [4.69, 9.17) is 14.2 Å². The molecular formula is C27H31NO5S. The molecule has 1 atom stereocenters. The van der Waals surface area contributed by atoms with Crippen molar-refractivity contribution in [3.8, 4) is 22.9 Å². The van der Waals surface area contributed by atoms with Gasteiger partial charge in [-0.05, 0) is 43.7 Å². The number of aliphatic hydroxyl groups is 1. The Hall–Kier alpha value is -2.74. The molecule has 2 aromatic carbocycles.